The van der Waals surface area contributed by atoms with Crippen molar-refractivity contribution in [2.75, 3.05) is 6.54 Å². The number of hydrogen-bond donors (Lipinski definition) is 2. The number of nitrogens with zero attached hydrogens (tertiary/aromatic N) is 6. The normalized spacial score (nSPS) is 16.2. The van der Waals surface area contributed by atoms with E-state index in [4.69, 9.17) is 37.1 Å². The van der Waals surface area contributed by atoms with Crippen molar-refractivity contribution in [3.05, 3.63) is 66.8 Å². The third kappa shape index (κ3) is 5.43. The molecule has 214 valence electrons. The van der Waals surface area contributed by atoms with E-state index in [0.29, 0.717) is 71.2 Å². The van der Waals surface area contributed by atoms with Gasteiger partial charge in [-0.15, -0.1) is 0 Å². The van der Waals surface area contributed by atoms with Gasteiger partial charge in [0, 0.05) is 6.42 Å². The van der Waals surface area contributed by atoms with Crippen LogP contribution in [0.25, 0.3) is 52.4 Å². The molecule has 7 heterocycles. The highest BCUT2D eigenvalue weighted by Gasteiger charge is 2.22. The molecule has 3 N–H and O–H groups in total. The zero-order chi connectivity index (χ0) is 28.3. The van der Waals surface area contributed by atoms with Crippen LogP contribution in [-0.2, 0) is 17.9 Å². The first-order valence-electron chi connectivity index (χ1n) is 13.2. The summed E-state index contributed by atoms with van der Waals surface area (Å²) in [4.78, 5) is 32.6. The molecule has 12 bridgehead atoms. The molecule has 0 fully saturated rings. The van der Waals surface area contributed by atoms with Crippen LogP contribution < -0.4 is 11.2 Å². The van der Waals surface area contributed by atoms with Gasteiger partial charge in [0.25, 0.3) is 0 Å². The van der Waals surface area contributed by atoms with Crippen LogP contribution in [0, 0.1) is 0 Å². The van der Waals surface area contributed by atoms with E-state index >= 15 is 0 Å². The highest BCUT2D eigenvalue weighted by atomic mass is 16.6. The number of oxazole rings is 6. The second-order valence-corrected chi connectivity index (χ2v) is 9.36. The number of unbranched alkanes of at least 4 members (excludes halogenated alkanes) is 1. The average Bonchev–Trinajstić information content (AvgIpc) is 3.82. The largest absolute Gasteiger partial charge is 0.446 e. The van der Waals surface area contributed by atoms with Gasteiger partial charge >= 0.3 is 0 Å². The van der Waals surface area contributed by atoms with Gasteiger partial charge in [0.05, 0.1) is 5.69 Å². The molecule has 1 aliphatic heterocycles. The summed E-state index contributed by atoms with van der Waals surface area (Å²) >= 11 is 0. The zero-order valence-corrected chi connectivity index (χ0v) is 22.1. The number of hydrogen-bond acceptors (Lipinski definition) is 15. The molecule has 0 spiro atoms. The van der Waals surface area contributed by atoms with Crippen molar-refractivity contribution >= 4 is 6.08 Å². The molecule has 0 amide bonds. The fourth-order valence-corrected chi connectivity index (χ4v) is 4.22. The Morgan fingerprint density at radius 1 is 0.667 bits per heavy atom. The maximum atomic E-state index is 5.77. The van der Waals surface area contributed by atoms with Gasteiger partial charge in [-0.3, -0.25) is 4.84 Å². The van der Waals surface area contributed by atoms with Crippen molar-refractivity contribution in [2.45, 2.75) is 38.3 Å². The van der Waals surface area contributed by atoms with Crippen LogP contribution in [0.5, 0.6) is 0 Å². The Kier molecular flexibility index (Phi) is 7.01. The van der Waals surface area contributed by atoms with E-state index in [9.17, 15) is 0 Å². The van der Waals surface area contributed by atoms with E-state index in [0.717, 1.165) is 12.8 Å². The number of nitrogens with two attached hydrogens (primary N) is 1. The summed E-state index contributed by atoms with van der Waals surface area (Å²) in [5.74, 6) is 1.88. The molecule has 6 aromatic heterocycles. The number of aromatic nitrogens is 6. The lowest BCUT2D eigenvalue weighted by atomic mass is 10.1. The predicted octanol–water partition coefficient (Wildman–Crippen LogP) is 4.74. The van der Waals surface area contributed by atoms with Gasteiger partial charge in [0.15, 0.2) is 22.8 Å². The number of rotatable bonds is 4. The first-order valence-corrected chi connectivity index (χ1v) is 13.2. The van der Waals surface area contributed by atoms with Crippen LogP contribution in [-0.4, -0.2) is 36.4 Å². The smallest absolute Gasteiger partial charge is 0.249 e. The Balaban J connectivity index is 1.19. The molecule has 0 aliphatic carbocycles. The number of nitrogens with one attached hydrogen (secondary N) is 1. The molecule has 1 atom stereocenters. The molecular weight excluding hydrogens is 548 g/mol. The molecule has 1 aliphatic rings. The lowest BCUT2D eigenvalue weighted by Gasteiger charge is -2.14. The van der Waals surface area contributed by atoms with Gasteiger partial charge < -0.3 is 32.2 Å². The lowest BCUT2D eigenvalue weighted by molar-refractivity contribution is -0.00707. The molecule has 0 saturated heterocycles. The number of allylic oxidation sites excluding steroid dienone is 1. The van der Waals surface area contributed by atoms with Gasteiger partial charge in [-0.05, 0) is 25.5 Å². The number of hydroxylamine groups is 1. The molecule has 0 saturated carbocycles. The second-order valence-electron chi connectivity index (χ2n) is 9.36. The van der Waals surface area contributed by atoms with Crippen molar-refractivity contribution in [2.24, 2.45) is 5.73 Å². The summed E-state index contributed by atoms with van der Waals surface area (Å²) in [6, 6.07) is -0.367. The van der Waals surface area contributed by atoms with Crippen molar-refractivity contribution in [1.82, 2.24) is 35.4 Å². The fourth-order valence-electron chi connectivity index (χ4n) is 4.22. The molecule has 0 aromatic carbocycles. The quantitative estimate of drug-likeness (QED) is 0.274. The summed E-state index contributed by atoms with van der Waals surface area (Å²) in [7, 11) is 0. The first-order chi connectivity index (χ1) is 20.7. The van der Waals surface area contributed by atoms with Crippen molar-refractivity contribution in [1.29, 1.82) is 0 Å². The fraction of sp³-hybridized carbons (Fsp3) is 0.259. The molecule has 1 unspecified atom stereocenters. The summed E-state index contributed by atoms with van der Waals surface area (Å²) < 4.78 is 33.7. The zero-order valence-electron chi connectivity index (χ0n) is 22.1. The Bertz CT molecular complexity index is 1800. The highest BCUT2D eigenvalue weighted by molar-refractivity contribution is 5.55. The van der Waals surface area contributed by atoms with Crippen LogP contribution in [0.2, 0.25) is 0 Å². The maximum absolute atomic E-state index is 5.77. The van der Waals surface area contributed by atoms with Crippen LogP contribution in [0.15, 0.2) is 70.2 Å². The minimum atomic E-state index is -0.367. The topological polar surface area (TPSA) is 203 Å². The van der Waals surface area contributed by atoms with Crippen LogP contribution >= 0.6 is 0 Å². The average molecular weight is 573 g/mol. The third-order valence-corrected chi connectivity index (χ3v) is 6.31. The highest BCUT2D eigenvalue weighted by Crippen LogP contribution is 2.28. The Morgan fingerprint density at radius 2 is 1.29 bits per heavy atom. The third-order valence-electron chi connectivity index (χ3n) is 6.31. The van der Waals surface area contributed by atoms with E-state index in [1.54, 1.807) is 12.3 Å². The summed E-state index contributed by atoms with van der Waals surface area (Å²) in [6.45, 7) is 0.682. The standard InChI is InChI=1S/C27H24N8O7/c28-7-2-1-5-17-23-32-21(14-39-23)27-34-19(12-41-27)24-29-15(8-37-24)4-3-6-22-31-18(11-36-22)26-33-20(13-40-26)25-30-16(9-38-25)10-42-35-17/h3,6,8-9,11-14,17,35H,1-2,4-5,7,10,28H2/b6-3+. The monoisotopic (exact) mass is 572 g/mol. The van der Waals surface area contributed by atoms with Crippen LogP contribution in [0.3, 0.4) is 0 Å². The Hall–Kier alpha value is -5.12. The molecule has 0 radical (unpaired) electrons. The van der Waals surface area contributed by atoms with E-state index in [2.05, 4.69) is 35.4 Å². The van der Waals surface area contributed by atoms with E-state index < -0.39 is 0 Å². The minimum Gasteiger partial charge on any atom is -0.446 e. The maximum Gasteiger partial charge on any atom is 0.249 e. The van der Waals surface area contributed by atoms with Gasteiger partial charge in [-0.2, -0.15) is 5.48 Å². The van der Waals surface area contributed by atoms with Gasteiger partial charge in [-0.1, -0.05) is 12.5 Å². The molecule has 15 heteroatoms. The second kappa shape index (κ2) is 11.4. The van der Waals surface area contributed by atoms with E-state index in [1.165, 1.54) is 31.3 Å². The van der Waals surface area contributed by atoms with Gasteiger partial charge in [0.1, 0.15) is 55.9 Å². The van der Waals surface area contributed by atoms with E-state index in [-0.39, 0.29) is 30.3 Å². The van der Waals surface area contributed by atoms with E-state index in [1.807, 2.05) is 6.08 Å². The molecule has 6 aromatic rings. The molecular formula is C27H24N8O7. The summed E-state index contributed by atoms with van der Waals surface area (Å²) in [5.41, 5.74) is 11.6. The molecule has 7 rings (SSSR count). The van der Waals surface area contributed by atoms with Crippen molar-refractivity contribution in [3.63, 3.8) is 0 Å². The van der Waals surface area contributed by atoms with Crippen LogP contribution in [0.1, 0.15) is 48.5 Å². The van der Waals surface area contributed by atoms with Gasteiger partial charge in [-0.25, -0.2) is 29.9 Å². The molecule has 42 heavy (non-hydrogen) atoms. The SMILES string of the molecule is NCCCCC1NOCc2coc(n2)-c2coc(n2)-c2coc(n2)/C=C/Cc2coc(n2)-c2coc(n2)-c2coc1n2. The van der Waals surface area contributed by atoms with Gasteiger partial charge in [0.2, 0.25) is 35.3 Å². The summed E-state index contributed by atoms with van der Waals surface area (Å²) in [6.07, 6.45) is 15.2. The summed E-state index contributed by atoms with van der Waals surface area (Å²) in [5, 5.41) is 0. The Morgan fingerprint density at radius 3 is 2.07 bits per heavy atom. The molecule has 15 nitrogen and oxygen atoms in total. The lowest BCUT2D eigenvalue weighted by Crippen LogP contribution is -2.22. The predicted molar refractivity (Wildman–Crippen MR) is 141 cm³/mol. The van der Waals surface area contributed by atoms with Crippen LogP contribution in [0.4, 0.5) is 0 Å². The van der Waals surface area contributed by atoms with Crippen molar-refractivity contribution in [3.8, 4) is 46.3 Å². The Labute approximate surface area is 236 Å². The number of fused-ring (bicyclic) bond motifs is 16. The first kappa shape index (κ1) is 25.8. The van der Waals surface area contributed by atoms with Crippen molar-refractivity contribution < 1.29 is 31.3 Å². The minimum absolute atomic E-state index is 0.107.